The number of likely N-dealkylation sites (tertiary alicyclic amines) is 3. The normalized spacial score (nSPS) is 32.1. The summed E-state index contributed by atoms with van der Waals surface area (Å²) in [6.07, 6.45) is 47.5. The van der Waals surface area contributed by atoms with Crippen molar-refractivity contribution in [3.05, 3.63) is 286 Å². The first kappa shape index (κ1) is 116. The van der Waals surface area contributed by atoms with Crippen LogP contribution in [0.3, 0.4) is 0 Å². The Labute approximate surface area is 896 Å². The Morgan fingerprint density at radius 2 is 0.537 bits per heavy atom. The summed E-state index contributed by atoms with van der Waals surface area (Å²) in [5.74, 6) is -6.43. The van der Waals surface area contributed by atoms with Gasteiger partial charge in [-0.3, -0.25) is 14.7 Å². The Morgan fingerprint density at radius 1 is 0.242 bits per heavy atom. The summed E-state index contributed by atoms with van der Waals surface area (Å²) in [5, 5.41) is 17.6. The van der Waals surface area contributed by atoms with E-state index in [0.717, 1.165) is 113 Å². The summed E-state index contributed by atoms with van der Waals surface area (Å²) in [7, 11) is 0. The fourth-order valence-corrected chi connectivity index (χ4v) is 31.2. The molecule has 8 aromatic rings. The van der Waals surface area contributed by atoms with Crippen molar-refractivity contribution in [1.29, 1.82) is 0 Å². The number of aryl methyl sites for hydroxylation is 3. The third-order valence-corrected chi connectivity index (χ3v) is 38.6. The lowest BCUT2D eigenvalue weighted by Crippen LogP contribution is -2.69. The van der Waals surface area contributed by atoms with Gasteiger partial charge >= 0.3 is 0 Å². The molecule has 5 unspecified atom stereocenters. The van der Waals surface area contributed by atoms with Crippen molar-refractivity contribution in [2.75, 3.05) is 91.8 Å². The molecule has 22 rings (SSSR count). The molecule has 6 heterocycles. The van der Waals surface area contributed by atoms with E-state index in [2.05, 4.69) is 229 Å². The van der Waals surface area contributed by atoms with Gasteiger partial charge in [-0.2, -0.15) is 0 Å². The van der Waals surface area contributed by atoms with Gasteiger partial charge < -0.3 is 40.8 Å². The van der Waals surface area contributed by atoms with Crippen molar-refractivity contribution in [2.24, 2.45) is 11.8 Å². The Kier molecular flexibility index (Phi) is 41.3. The Bertz CT molecular complexity index is 5250. The molecular formula is C132H190F6N8O3. The molecule has 14 aliphatic rings. The molecule has 0 aromatic heterocycles. The minimum Gasteiger partial charge on any atom is -0.373 e. The molecule has 0 bridgehead atoms. The van der Waals surface area contributed by atoms with Gasteiger partial charge in [0.25, 0.3) is 17.8 Å². The van der Waals surface area contributed by atoms with E-state index in [1.54, 1.807) is 5.56 Å². The Morgan fingerprint density at radius 3 is 0.953 bits per heavy atom. The van der Waals surface area contributed by atoms with Crippen LogP contribution in [-0.2, 0) is 58.5 Å². The molecule has 13 atom stereocenters. The summed E-state index contributed by atoms with van der Waals surface area (Å²) in [4.78, 5) is 7.71. The van der Waals surface area contributed by atoms with Crippen LogP contribution < -0.4 is 26.6 Å². The second-order valence-corrected chi connectivity index (χ2v) is 46.7. The molecule has 0 radical (unpaired) electrons. The van der Waals surface area contributed by atoms with Crippen LogP contribution in [0.2, 0.25) is 0 Å². The maximum absolute atomic E-state index is 15.0. The first-order chi connectivity index (χ1) is 72.3. The molecule has 8 aliphatic carbocycles. The first-order valence-electron chi connectivity index (χ1n) is 59.8. The topological polar surface area (TPSA) is 97.6 Å². The van der Waals surface area contributed by atoms with Gasteiger partial charge in [-0.25, -0.2) is 26.3 Å². The van der Waals surface area contributed by atoms with Gasteiger partial charge in [-0.05, 0) is 307 Å². The third-order valence-electron chi connectivity index (χ3n) is 38.6. The molecule has 5 N–H and O–H groups in total. The molecule has 8 aromatic carbocycles. The van der Waals surface area contributed by atoms with Gasteiger partial charge in [0.1, 0.15) is 16.6 Å². The van der Waals surface area contributed by atoms with Crippen LogP contribution in [0.15, 0.2) is 224 Å². The second kappa shape index (κ2) is 53.1. The summed E-state index contributed by atoms with van der Waals surface area (Å²) in [5.41, 5.74) is 11.1. The van der Waals surface area contributed by atoms with Gasteiger partial charge in [0.2, 0.25) is 0 Å². The Hall–Kier alpha value is -7.10. The summed E-state index contributed by atoms with van der Waals surface area (Å²) in [6, 6.07) is 77.4. The number of ether oxygens (including phenoxy) is 3. The highest BCUT2D eigenvalue weighted by Gasteiger charge is 2.65. The average molecular weight is 2050 g/mol. The quantitative estimate of drug-likeness (QED) is 0.0445. The number of benzene rings is 8. The number of alkyl halides is 6. The van der Waals surface area contributed by atoms with E-state index < -0.39 is 34.4 Å². The van der Waals surface area contributed by atoms with Crippen LogP contribution in [0.1, 0.15) is 392 Å². The zero-order valence-corrected chi connectivity index (χ0v) is 93.4. The largest absolute Gasteiger partial charge is 0.373 e. The van der Waals surface area contributed by atoms with E-state index in [0.29, 0.717) is 62.7 Å². The van der Waals surface area contributed by atoms with Crippen LogP contribution in [0.5, 0.6) is 0 Å². The van der Waals surface area contributed by atoms with E-state index >= 15 is 0 Å². The molecular weight excluding hydrogens is 1860 g/mol. The second-order valence-electron chi connectivity index (χ2n) is 46.7. The highest BCUT2D eigenvalue weighted by molar-refractivity contribution is 5.42. The smallest absolute Gasteiger partial charge is 0.270 e. The average Bonchev–Trinajstić information content (AvgIpc) is 0.718. The molecule has 17 heteroatoms. The van der Waals surface area contributed by atoms with E-state index in [4.69, 9.17) is 14.2 Å². The van der Waals surface area contributed by atoms with Crippen LogP contribution in [0, 0.1) is 32.6 Å². The van der Waals surface area contributed by atoms with Crippen molar-refractivity contribution < 1.29 is 40.6 Å². The standard InChI is InChI=1S/C19H27NO.C18H27N.C17H23F2N.C17H25NO.C16H23NO.C16H25N.C15H21F2N.C14H19F2N/c1-3-9-17(10-4-1)19(20-14-7-2-8-15-20)12-6-5-11-18(19)13-16-21-18;1-16-10-6-7-13-18(16,17-11-4-2-5-12-17)19-14-8-3-9-15-19;18-17(19)12-6-5-11-16(17,15-9-3-1-4-10-15)20-13-7-2-8-14-20;1-3-18-17(15-9-5-4-8-14(15)2)11-7-6-10-16(17)12-13-19-16;1-2-17-16(14-8-4-3-5-9-14)11-7-6-10-15(16)12-13-18-15;1-4-17-16(12-8-7-10-14(16)3)15-11-6-5-9-13(15)2;1-3-18-14(10-6-7-11-15(14,16)17)13-9-5-4-8-12(13)2;1-2-17-13(12-8-4-3-5-9-12)10-6-7-11-14(13,15)16/h1,3-4,9-10H,2,5-8,11-16H2;2,4-5,11-12,16H,3,6-10,13-15H2,1H3;1,3-4,9-10H,2,5-8,11-14H2;4-5,8-9,18H,3,6-7,10-13H2,1-2H3;3-5,8-9,17H,2,6-7,10-13H2,1H3;5-6,9,11,14,17H,4,7-8,10,12H2,1-3H3;4-5,8-9,18H,3,6-7,10-11H2,1-2H3;3-5,8-9,17H,2,6-7,10-11H2,1H3/t18?,19-;16?,18-;16-;16?,17-;15?,16-;14?,16-;14-;13-/m10111011/s1. The van der Waals surface area contributed by atoms with Crippen LogP contribution >= 0.6 is 0 Å². The van der Waals surface area contributed by atoms with Crippen molar-refractivity contribution in [2.45, 2.75) is 431 Å². The highest BCUT2D eigenvalue weighted by Crippen LogP contribution is 2.61. The van der Waals surface area contributed by atoms with Crippen molar-refractivity contribution in [1.82, 2.24) is 41.3 Å². The maximum atomic E-state index is 15.0. The molecule has 818 valence electrons. The monoisotopic (exact) mass is 2050 g/mol. The summed E-state index contributed by atoms with van der Waals surface area (Å²) >= 11 is 0. The number of likely N-dealkylation sites (N-methyl/N-ethyl adjacent to an activating group) is 2. The van der Waals surface area contributed by atoms with Crippen LogP contribution in [0.4, 0.5) is 26.3 Å². The molecule has 6 aliphatic heterocycles. The van der Waals surface area contributed by atoms with Crippen LogP contribution in [0.25, 0.3) is 0 Å². The Balaban J connectivity index is 0.000000128. The van der Waals surface area contributed by atoms with E-state index in [-0.39, 0.29) is 58.2 Å². The summed E-state index contributed by atoms with van der Waals surface area (Å²) < 4.78 is 106. The maximum Gasteiger partial charge on any atom is 0.270 e. The lowest BCUT2D eigenvalue weighted by molar-refractivity contribution is -0.251. The van der Waals surface area contributed by atoms with Crippen molar-refractivity contribution in [3.8, 4) is 0 Å². The lowest BCUT2D eigenvalue weighted by Gasteiger charge is -2.63. The first-order valence-corrected chi connectivity index (χ1v) is 59.8. The lowest BCUT2D eigenvalue weighted by atomic mass is 9.61. The number of nitrogens with one attached hydrogen (secondary N) is 5. The number of hydrogen-bond acceptors (Lipinski definition) is 11. The molecule has 6 saturated heterocycles. The zero-order valence-electron chi connectivity index (χ0n) is 93.4. The molecule has 8 saturated carbocycles. The van der Waals surface area contributed by atoms with Gasteiger partial charge in [-0.1, -0.05) is 376 Å². The van der Waals surface area contributed by atoms with Crippen molar-refractivity contribution in [3.63, 3.8) is 0 Å². The van der Waals surface area contributed by atoms with E-state index in [1.807, 2.05) is 106 Å². The molecule has 14 fully saturated rings. The molecule has 0 amide bonds. The third kappa shape index (κ3) is 24.1. The zero-order chi connectivity index (χ0) is 105. The number of rotatable bonds is 21. The predicted octanol–water partition coefficient (Wildman–Crippen LogP) is 31.7. The number of piperidine rings is 3. The van der Waals surface area contributed by atoms with Crippen LogP contribution in [-0.4, -0.2) is 141 Å². The number of nitrogens with zero attached hydrogens (tertiary/aromatic N) is 3. The highest BCUT2D eigenvalue weighted by atomic mass is 19.3. The fraction of sp³-hybridized carbons (Fsp3) is 0.636. The van der Waals surface area contributed by atoms with Crippen molar-refractivity contribution >= 4 is 0 Å². The van der Waals surface area contributed by atoms with Gasteiger partial charge in [0.05, 0.1) is 53.2 Å². The van der Waals surface area contributed by atoms with Gasteiger partial charge in [-0.15, -0.1) is 0 Å². The molecule has 149 heavy (non-hydrogen) atoms. The minimum absolute atomic E-state index is 0.0190. The molecule has 3 spiro atoms. The minimum atomic E-state index is -2.67. The van der Waals surface area contributed by atoms with E-state index in [1.165, 1.54) is 252 Å². The van der Waals surface area contributed by atoms with Gasteiger partial charge in [0.15, 0.2) is 0 Å². The fourth-order valence-electron chi connectivity index (χ4n) is 31.2. The number of halogens is 6. The van der Waals surface area contributed by atoms with E-state index in [9.17, 15) is 26.3 Å². The van der Waals surface area contributed by atoms with Gasteiger partial charge in [0, 0.05) is 49.6 Å². The SMILES string of the molecule is CC1CCCC[C@]1(c1ccccc1)N1CCCCC1.CCN[C@@]1(c2ccccc2)CCCCC1(F)F.CCN[C@@]1(c2ccccc2)CCCCC12CCO2.CCN[C@@]1(c2ccccc2C)CCCCC1(F)F.CCN[C@@]1(c2ccccc2C)CCCCC12CCO2.CCN[C@@]1(c2ccccc2C)CCCCC1C.FC1(F)CCCC[C@]1(c1ccccc1)N1CCCCC1.c1ccc([C@]2(N3CCCCC3)CCCCC23CCO3)cc1. The summed E-state index contributed by atoms with van der Waals surface area (Å²) in [6.45, 7) is 35.4. The molecule has 11 nitrogen and oxygen atoms in total. The number of hydrogen-bond donors (Lipinski definition) is 5. The predicted molar refractivity (Wildman–Crippen MR) is 605 cm³/mol.